The zero-order valence-corrected chi connectivity index (χ0v) is 16.0. The van der Waals surface area contributed by atoms with Gasteiger partial charge in [0.15, 0.2) is 0 Å². The van der Waals surface area contributed by atoms with Crippen LogP contribution in [0.4, 0.5) is 5.69 Å². The lowest BCUT2D eigenvalue weighted by Gasteiger charge is -2.25. The molecular formula is C23H18N2O5. The van der Waals surface area contributed by atoms with E-state index in [0.29, 0.717) is 22.6 Å². The number of Topliss-reactive ketones (excluding diaryl/α,β-unsaturated/α-hetero) is 1. The molecule has 1 fully saturated rings. The number of phenols is 1. The van der Waals surface area contributed by atoms with Gasteiger partial charge in [0.2, 0.25) is 0 Å². The molecule has 1 saturated heterocycles. The van der Waals surface area contributed by atoms with E-state index in [1.807, 2.05) is 0 Å². The van der Waals surface area contributed by atoms with Crippen molar-refractivity contribution in [2.45, 2.75) is 6.04 Å². The molecule has 2 aromatic carbocycles. The summed E-state index contributed by atoms with van der Waals surface area (Å²) in [5.41, 5.74) is 1.39. The Balaban J connectivity index is 1.92. The van der Waals surface area contributed by atoms with Gasteiger partial charge in [-0.2, -0.15) is 0 Å². The number of carbonyl (C=O) groups excluding carboxylic acids is 2. The summed E-state index contributed by atoms with van der Waals surface area (Å²) in [5.74, 6) is -1.18. The van der Waals surface area contributed by atoms with Crippen LogP contribution in [-0.2, 0) is 9.59 Å². The highest BCUT2D eigenvalue weighted by atomic mass is 16.5. The quantitative estimate of drug-likeness (QED) is 0.394. The van der Waals surface area contributed by atoms with E-state index in [-0.39, 0.29) is 17.1 Å². The molecule has 3 aromatic rings. The highest BCUT2D eigenvalue weighted by molar-refractivity contribution is 6.51. The van der Waals surface area contributed by atoms with Crippen molar-refractivity contribution >= 4 is 23.1 Å². The fourth-order valence-corrected chi connectivity index (χ4v) is 3.48. The minimum absolute atomic E-state index is 0.0345. The number of ketones is 1. The number of aliphatic hydroxyl groups excluding tert-OH is 1. The second kappa shape index (κ2) is 7.71. The molecule has 2 heterocycles. The minimum Gasteiger partial charge on any atom is -0.508 e. The zero-order valence-electron chi connectivity index (χ0n) is 16.0. The van der Waals surface area contributed by atoms with Crippen LogP contribution in [0.3, 0.4) is 0 Å². The second-order valence-corrected chi connectivity index (χ2v) is 6.69. The van der Waals surface area contributed by atoms with Crippen molar-refractivity contribution < 1.29 is 24.5 Å². The molecule has 7 nitrogen and oxygen atoms in total. The predicted octanol–water partition coefficient (Wildman–Crippen LogP) is 3.42. The Morgan fingerprint density at radius 1 is 0.967 bits per heavy atom. The number of pyridine rings is 1. The van der Waals surface area contributed by atoms with E-state index in [0.717, 1.165) is 0 Å². The smallest absolute Gasteiger partial charge is 0.300 e. The topological polar surface area (TPSA) is 100.0 Å². The van der Waals surface area contributed by atoms with Gasteiger partial charge in [0.1, 0.15) is 17.3 Å². The van der Waals surface area contributed by atoms with Crippen LogP contribution in [0.1, 0.15) is 17.2 Å². The normalized spacial score (nSPS) is 17.9. The van der Waals surface area contributed by atoms with Gasteiger partial charge in [-0.1, -0.05) is 12.1 Å². The Hall–Kier alpha value is -4.13. The van der Waals surface area contributed by atoms with E-state index in [4.69, 9.17) is 4.74 Å². The van der Waals surface area contributed by atoms with Gasteiger partial charge in [-0.05, 0) is 54.1 Å². The van der Waals surface area contributed by atoms with Crippen LogP contribution in [0.5, 0.6) is 11.5 Å². The molecule has 1 amide bonds. The van der Waals surface area contributed by atoms with Gasteiger partial charge in [0.05, 0.1) is 18.7 Å². The third-order valence-corrected chi connectivity index (χ3v) is 4.96. The van der Waals surface area contributed by atoms with Crippen molar-refractivity contribution in [3.63, 3.8) is 0 Å². The van der Waals surface area contributed by atoms with Gasteiger partial charge >= 0.3 is 0 Å². The molecule has 150 valence electrons. The molecule has 1 atom stereocenters. The molecule has 7 heteroatoms. The molecule has 0 saturated carbocycles. The number of nitrogens with zero attached hydrogens (tertiary/aromatic N) is 2. The number of carbonyl (C=O) groups is 2. The van der Waals surface area contributed by atoms with Crippen LogP contribution in [-0.4, -0.2) is 34.0 Å². The summed E-state index contributed by atoms with van der Waals surface area (Å²) in [7, 11) is 1.53. The molecule has 0 aliphatic carbocycles. The molecule has 1 aliphatic heterocycles. The fraction of sp³-hybridized carbons (Fsp3) is 0.0870. The molecule has 1 aliphatic rings. The number of phenolic OH excluding ortho intramolecular Hbond substituents is 1. The van der Waals surface area contributed by atoms with Gasteiger partial charge in [0, 0.05) is 23.6 Å². The first-order chi connectivity index (χ1) is 14.5. The monoisotopic (exact) mass is 402 g/mol. The number of amides is 1. The number of aromatic hydroxyl groups is 1. The van der Waals surface area contributed by atoms with Gasteiger partial charge in [0.25, 0.3) is 11.7 Å². The first-order valence-electron chi connectivity index (χ1n) is 9.15. The molecule has 1 aromatic heterocycles. The maximum absolute atomic E-state index is 13.0. The Labute approximate surface area is 172 Å². The standard InChI is InChI=1S/C23H18N2O5/c1-30-18-8-4-16(5-9-18)25-20(14-2-6-17(26)7-3-14)19(22(28)23(25)29)21(27)15-10-12-24-13-11-15/h2-13,20,26-27H,1H3/b21-19-. The number of ether oxygens (including phenoxy) is 1. The van der Waals surface area contributed by atoms with Crippen molar-refractivity contribution in [1.82, 2.24) is 4.98 Å². The molecule has 30 heavy (non-hydrogen) atoms. The van der Waals surface area contributed by atoms with Gasteiger partial charge in [-0.15, -0.1) is 0 Å². The second-order valence-electron chi connectivity index (χ2n) is 6.69. The number of aromatic nitrogens is 1. The first kappa shape index (κ1) is 19.2. The van der Waals surface area contributed by atoms with Gasteiger partial charge in [-0.25, -0.2) is 0 Å². The zero-order chi connectivity index (χ0) is 21.3. The molecule has 0 spiro atoms. The molecule has 1 unspecified atom stereocenters. The van der Waals surface area contributed by atoms with E-state index in [1.165, 1.54) is 36.5 Å². The summed E-state index contributed by atoms with van der Waals surface area (Å²) in [5, 5.41) is 20.6. The summed E-state index contributed by atoms with van der Waals surface area (Å²) in [6.45, 7) is 0. The molecule has 0 bridgehead atoms. The van der Waals surface area contributed by atoms with Crippen molar-refractivity contribution in [3.8, 4) is 11.5 Å². The lowest BCUT2D eigenvalue weighted by Crippen LogP contribution is -2.29. The fourth-order valence-electron chi connectivity index (χ4n) is 3.48. The highest BCUT2D eigenvalue weighted by Crippen LogP contribution is 2.42. The van der Waals surface area contributed by atoms with Crippen molar-refractivity contribution in [2.24, 2.45) is 0 Å². The Kier molecular flexibility index (Phi) is 4.93. The lowest BCUT2D eigenvalue weighted by atomic mass is 9.95. The number of rotatable bonds is 4. The average Bonchev–Trinajstić information content (AvgIpc) is 3.05. The third kappa shape index (κ3) is 3.26. The minimum atomic E-state index is -0.868. The summed E-state index contributed by atoms with van der Waals surface area (Å²) in [4.78, 5) is 31.2. The summed E-state index contributed by atoms with van der Waals surface area (Å²) < 4.78 is 5.17. The van der Waals surface area contributed by atoms with E-state index in [9.17, 15) is 19.8 Å². The third-order valence-electron chi connectivity index (χ3n) is 4.96. The highest BCUT2D eigenvalue weighted by Gasteiger charge is 2.46. The van der Waals surface area contributed by atoms with E-state index < -0.39 is 17.7 Å². The van der Waals surface area contributed by atoms with E-state index >= 15 is 0 Å². The summed E-state index contributed by atoms with van der Waals surface area (Å²) in [6, 6.07) is 15.1. The maximum atomic E-state index is 13.0. The number of hydrogen-bond acceptors (Lipinski definition) is 6. The van der Waals surface area contributed by atoms with Crippen molar-refractivity contribution in [3.05, 3.63) is 89.8 Å². The largest absolute Gasteiger partial charge is 0.508 e. The van der Waals surface area contributed by atoms with Crippen LogP contribution in [0, 0.1) is 0 Å². The number of methoxy groups -OCH3 is 1. The predicted molar refractivity (Wildman–Crippen MR) is 110 cm³/mol. The van der Waals surface area contributed by atoms with Crippen molar-refractivity contribution in [1.29, 1.82) is 0 Å². The molecule has 2 N–H and O–H groups in total. The lowest BCUT2D eigenvalue weighted by molar-refractivity contribution is -0.132. The molecular weight excluding hydrogens is 384 g/mol. The van der Waals surface area contributed by atoms with E-state index in [1.54, 1.807) is 48.5 Å². The molecule has 4 rings (SSSR count). The van der Waals surface area contributed by atoms with Crippen LogP contribution in [0.25, 0.3) is 5.76 Å². The molecule has 0 radical (unpaired) electrons. The van der Waals surface area contributed by atoms with Crippen LogP contribution >= 0.6 is 0 Å². The number of aliphatic hydroxyl groups is 1. The van der Waals surface area contributed by atoms with Crippen LogP contribution in [0.2, 0.25) is 0 Å². The Bertz CT molecular complexity index is 1120. The summed E-state index contributed by atoms with van der Waals surface area (Å²) >= 11 is 0. The van der Waals surface area contributed by atoms with E-state index in [2.05, 4.69) is 4.98 Å². The van der Waals surface area contributed by atoms with Gasteiger partial charge < -0.3 is 14.9 Å². The number of anilines is 1. The Morgan fingerprint density at radius 3 is 2.20 bits per heavy atom. The maximum Gasteiger partial charge on any atom is 0.300 e. The number of hydrogen-bond donors (Lipinski definition) is 2. The first-order valence-corrected chi connectivity index (χ1v) is 9.15. The average molecular weight is 402 g/mol. The number of benzene rings is 2. The van der Waals surface area contributed by atoms with Crippen LogP contribution in [0.15, 0.2) is 78.6 Å². The Morgan fingerprint density at radius 2 is 1.60 bits per heavy atom. The van der Waals surface area contributed by atoms with Crippen LogP contribution < -0.4 is 9.64 Å². The van der Waals surface area contributed by atoms with Gasteiger partial charge in [-0.3, -0.25) is 19.5 Å². The van der Waals surface area contributed by atoms with Crippen molar-refractivity contribution in [2.75, 3.05) is 12.0 Å². The SMILES string of the molecule is COc1ccc(N2C(=O)C(=O)/C(=C(\O)c3ccncc3)C2c2ccc(O)cc2)cc1. The summed E-state index contributed by atoms with van der Waals surface area (Å²) in [6.07, 6.45) is 2.98.